The summed E-state index contributed by atoms with van der Waals surface area (Å²) in [5.74, 6) is 0.882. The molecule has 2 heterocycles. The van der Waals surface area contributed by atoms with Crippen LogP contribution in [-0.4, -0.2) is 23.2 Å². The van der Waals surface area contributed by atoms with E-state index in [0.29, 0.717) is 50.3 Å². The fourth-order valence-electron chi connectivity index (χ4n) is 4.71. The van der Waals surface area contributed by atoms with Gasteiger partial charge in [-0.05, 0) is 103 Å². The SMILES string of the molecule is CCOc1ccc([C@H]2C(C(=O)OC(C)C)=C(C)N=c3s/c(=C/c4ccc(OCc5ccc(Cl)cc5)c(Br)c4)c(=O)n32)cc1. The minimum atomic E-state index is -0.698. The lowest BCUT2D eigenvalue weighted by atomic mass is 9.96. The molecule has 0 unspecified atom stereocenters. The molecule has 1 aromatic heterocycles. The molecule has 0 N–H and O–H groups in total. The molecule has 4 aromatic rings. The molecule has 10 heteroatoms. The van der Waals surface area contributed by atoms with Crippen molar-refractivity contribution in [3.8, 4) is 11.5 Å². The van der Waals surface area contributed by atoms with Crippen LogP contribution in [0.3, 0.4) is 0 Å². The molecule has 43 heavy (non-hydrogen) atoms. The Morgan fingerprint density at radius 3 is 2.47 bits per heavy atom. The number of ether oxygens (including phenoxy) is 3. The van der Waals surface area contributed by atoms with E-state index >= 15 is 0 Å². The van der Waals surface area contributed by atoms with Crippen molar-refractivity contribution >= 4 is 50.9 Å². The summed E-state index contributed by atoms with van der Waals surface area (Å²) in [5.41, 5.74) is 3.17. The first-order valence-electron chi connectivity index (χ1n) is 13.8. The highest BCUT2D eigenvalue weighted by atomic mass is 79.9. The maximum absolute atomic E-state index is 13.9. The predicted octanol–water partition coefficient (Wildman–Crippen LogP) is 6.58. The number of carbonyl (C=O) groups is 1. The zero-order chi connectivity index (χ0) is 30.7. The normalized spacial score (nSPS) is 14.9. The van der Waals surface area contributed by atoms with Gasteiger partial charge >= 0.3 is 5.97 Å². The third kappa shape index (κ3) is 6.95. The van der Waals surface area contributed by atoms with Crippen LogP contribution in [0.1, 0.15) is 50.4 Å². The van der Waals surface area contributed by atoms with Crippen LogP contribution in [0, 0.1) is 0 Å². The first kappa shape index (κ1) is 30.8. The average Bonchev–Trinajstić information content (AvgIpc) is 3.27. The zero-order valence-electron chi connectivity index (χ0n) is 24.1. The number of nitrogens with zero attached hydrogens (tertiary/aromatic N) is 2. The van der Waals surface area contributed by atoms with Crippen molar-refractivity contribution in [3.63, 3.8) is 0 Å². The highest BCUT2D eigenvalue weighted by Crippen LogP contribution is 2.32. The number of benzene rings is 3. The summed E-state index contributed by atoms with van der Waals surface area (Å²) in [6, 6.07) is 19.8. The van der Waals surface area contributed by atoms with Gasteiger partial charge in [0.25, 0.3) is 5.56 Å². The monoisotopic (exact) mass is 680 g/mol. The van der Waals surface area contributed by atoms with Gasteiger partial charge in [-0.15, -0.1) is 0 Å². The van der Waals surface area contributed by atoms with Crippen molar-refractivity contribution in [2.75, 3.05) is 6.61 Å². The van der Waals surface area contributed by atoms with Crippen LogP contribution in [0.15, 0.2) is 92.3 Å². The number of hydrogen-bond donors (Lipinski definition) is 0. The molecule has 0 fully saturated rings. The van der Waals surface area contributed by atoms with Crippen LogP contribution in [-0.2, 0) is 16.1 Å². The number of halogens is 2. The second-order valence-electron chi connectivity index (χ2n) is 10.1. The van der Waals surface area contributed by atoms with E-state index < -0.39 is 12.0 Å². The van der Waals surface area contributed by atoms with Crippen LogP contribution in [0.25, 0.3) is 6.08 Å². The molecule has 1 atom stereocenters. The van der Waals surface area contributed by atoms with E-state index in [0.717, 1.165) is 21.2 Å². The smallest absolute Gasteiger partial charge is 0.338 e. The largest absolute Gasteiger partial charge is 0.494 e. The van der Waals surface area contributed by atoms with E-state index in [1.54, 1.807) is 25.3 Å². The maximum atomic E-state index is 13.9. The molecular formula is C33H30BrClN2O5S. The number of hydrogen-bond acceptors (Lipinski definition) is 7. The zero-order valence-corrected chi connectivity index (χ0v) is 27.3. The summed E-state index contributed by atoms with van der Waals surface area (Å²) >= 11 is 10.8. The quantitative estimate of drug-likeness (QED) is 0.187. The van der Waals surface area contributed by atoms with Crippen molar-refractivity contribution < 1.29 is 19.0 Å². The third-order valence-electron chi connectivity index (χ3n) is 6.65. The Bertz CT molecular complexity index is 1860. The molecular weight excluding hydrogens is 652 g/mol. The number of rotatable bonds is 9. The van der Waals surface area contributed by atoms with Crippen LogP contribution in [0.5, 0.6) is 11.5 Å². The second kappa shape index (κ2) is 13.3. The van der Waals surface area contributed by atoms with E-state index in [1.807, 2.05) is 79.7 Å². The van der Waals surface area contributed by atoms with Gasteiger partial charge in [-0.2, -0.15) is 0 Å². The van der Waals surface area contributed by atoms with Gasteiger partial charge in [-0.3, -0.25) is 9.36 Å². The number of aromatic nitrogens is 1. The van der Waals surface area contributed by atoms with Gasteiger partial charge < -0.3 is 14.2 Å². The van der Waals surface area contributed by atoms with E-state index in [9.17, 15) is 9.59 Å². The molecule has 5 rings (SSSR count). The molecule has 222 valence electrons. The predicted molar refractivity (Wildman–Crippen MR) is 173 cm³/mol. The molecule has 0 bridgehead atoms. The highest BCUT2D eigenvalue weighted by Gasteiger charge is 2.33. The summed E-state index contributed by atoms with van der Waals surface area (Å²) in [7, 11) is 0. The Morgan fingerprint density at radius 2 is 1.81 bits per heavy atom. The lowest BCUT2D eigenvalue weighted by Crippen LogP contribution is -2.40. The van der Waals surface area contributed by atoms with Gasteiger partial charge in [0.1, 0.15) is 18.1 Å². The lowest BCUT2D eigenvalue weighted by Gasteiger charge is -2.25. The van der Waals surface area contributed by atoms with E-state index in [-0.39, 0.29) is 11.7 Å². The molecule has 0 saturated heterocycles. The van der Waals surface area contributed by atoms with Crippen LogP contribution < -0.4 is 24.4 Å². The van der Waals surface area contributed by atoms with E-state index in [1.165, 1.54) is 11.3 Å². The molecule has 1 aliphatic rings. The molecule has 0 spiro atoms. The molecule has 0 radical (unpaired) electrons. The summed E-state index contributed by atoms with van der Waals surface area (Å²) < 4.78 is 20.0. The van der Waals surface area contributed by atoms with Gasteiger partial charge in [0.05, 0.1) is 39.0 Å². The molecule has 1 aliphatic heterocycles. The van der Waals surface area contributed by atoms with Crippen LogP contribution in [0.2, 0.25) is 5.02 Å². The number of thiazole rings is 1. The van der Waals surface area contributed by atoms with Crippen molar-refractivity contribution in [2.45, 2.75) is 46.4 Å². The molecule has 0 saturated carbocycles. The standard InChI is InChI=1S/C33H30BrClN2O5S/c1-5-40-25-13-9-23(10-14-25)30-29(32(39)42-19(2)3)20(4)36-33-37(30)31(38)28(43-33)17-22-8-15-27(26(34)16-22)41-18-21-6-11-24(35)12-7-21/h6-17,19,30H,5,18H2,1-4H3/b28-17+/t30-/m0/s1. The van der Waals surface area contributed by atoms with Crippen LogP contribution >= 0.6 is 38.9 Å². The Balaban J connectivity index is 1.51. The number of esters is 1. The van der Waals surface area contributed by atoms with E-state index in [2.05, 4.69) is 20.9 Å². The Kier molecular flexibility index (Phi) is 9.54. The lowest BCUT2D eigenvalue weighted by molar-refractivity contribution is -0.143. The first-order chi connectivity index (χ1) is 20.6. The van der Waals surface area contributed by atoms with Crippen molar-refractivity contribution in [1.82, 2.24) is 4.57 Å². The highest BCUT2D eigenvalue weighted by molar-refractivity contribution is 9.10. The summed E-state index contributed by atoms with van der Waals surface area (Å²) in [4.78, 5) is 32.4. The molecule has 0 amide bonds. The topological polar surface area (TPSA) is 79.1 Å². The Hall–Kier alpha value is -3.66. The van der Waals surface area contributed by atoms with Gasteiger partial charge in [-0.1, -0.05) is 53.3 Å². The van der Waals surface area contributed by atoms with Crippen molar-refractivity contribution in [3.05, 3.63) is 124 Å². The summed E-state index contributed by atoms with van der Waals surface area (Å²) in [5, 5.41) is 0.673. The molecule has 7 nitrogen and oxygen atoms in total. The minimum absolute atomic E-state index is 0.246. The van der Waals surface area contributed by atoms with Gasteiger partial charge in [0.2, 0.25) is 0 Å². The summed E-state index contributed by atoms with van der Waals surface area (Å²) in [6.45, 7) is 8.20. The van der Waals surface area contributed by atoms with Gasteiger partial charge in [0.15, 0.2) is 4.80 Å². The second-order valence-corrected chi connectivity index (χ2v) is 12.4. The average molecular weight is 682 g/mol. The summed E-state index contributed by atoms with van der Waals surface area (Å²) in [6.07, 6.45) is 1.49. The minimum Gasteiger partial charge on any atom is -0.494 e. The number of fused-ring (bicyclic) bond motifs is 1. The van der Waals surface area contributed by atoms with E-state index in [4.69, 9.17) is 25.8 Å². The maximum Gasteiger partial charge on any atom is 0.338 e. The number of carbonyl (C=O) groups excluding carboxylic acids is 1. The van der Waals surface area contributed by atoms with Crippen molar-refractivity contribution in [2.24, 2.45) is 4.99 Å². The van der Waals surface area contributed by atoms with Gasteiger partial charge in [-0.25, -0.2) is 9.79 Å². The fourth-order valence-corrected chi connectivity index (χ4v) is 6.39. The van der Waals surface area contributed by atoms with Crippen LogP contribution in [0.4, 0.5) is 0 Å². The molecule has 3 aromatic carbocycles. The Labute approximate surface area is 266 Å². The third-order valence-corrected chi connectivity index (χ3v) is 8.51. The van der Waals surface area contributed by atoms with Crippen molar-refractivity contribution in [1.29, 1.82) is 0 Å². The van der Waals surface area contributed by atoms with Gasteiger partial charge in [0, 0.05) is 5.02 Å². The Morgan fingerprint density at radius 1 is 1.09 bits per heavy atom. The first-order valence-corrected chi connectivity index (χ1v) is 15.8. The fraction of sp³-hybridized carbons (Fsp3) is 0.242. The number of allylic oxidation sites excluding steroid dienone is 1. The molecule has 0 aliphatic carbocycles.